The number of alkyl carbamates (subject to hydrolysis) is 1. The highest BCUT2D eigenvalue weighted by atomic mass is 16.7. The summed E-state index contributed by atoms with van der Waals surface area (Å²) < 4.78 is 10.4. The van der Waals surface area contributed by atoms with E-state index >= 15 is 0 Å². The third-order valence-electron chi connectivity index (χ3n) is 6.84. The first kappa shape index (κ1) is 36.3. The zero-order valence-electron chi connectivity index (χ0n) is 26.9. The van der Waals surface area contributed by atoms with Crippen molar-refractivity contribution in [3.63, 3.8) is 0 Å². The molecule has 14 heteroatoms. The number of carbonyl (C=O) groups excluding carboxylic acids is 6. The lowest BCUT2D eigenvalue weighted by Gasteiger charge is -2.19. The molecule has 0 aromatic heterocycles. The van der Waals surface area contributed by atoms with E-state index in [1.165, 1.54) is 0 Å². The minimum Gasteiger partial charge on any atom is -0.446 e. The molecule has 2 aromatic carbocycles. The van der Waals surface area contributed by atoms with Gasteiger partial charge in [0, 0.05) is 44.8 Å². The van der Waals surface area contributed by atoms with Gasteiger partial charge in [0.2, 0.25) is 17.7 Å². The van der Waals surface area contributed by atoms with Crippen molar-refractivity contribution in [3.8, 4) is 11.1 Å². The second-order valence-corrected chi connectivity index (χ2v) is 11.8. The van der Waals surface area contributed by atoms with Crippen molar-refractivity contribution >= 4 is 35.9 Å². The van der Waals surface area contributed by atoms with Gasteiger partial charge in [-0.3, -0.25) is 14.4 Å². The number of amides is 5. The third kappa shape index (κ3) is 13.0. The molecule has 2 aromatic rings. The first-order valence-corrected chi connectivity index (χ1v) is 15.5. The van der Waals surface area contributed by atoms with Gasteiger partial charge in [0.05, 0.1) is 6.54 Å². The highest BCUT2D eigenvalue weighted by molar-refractivity contribution is 5.85. The number of hydroxylamine groups is 1. The molecule has 3 rings (SSSR count). The summed E-state index contributed by atoms with van der Waals surface area (Å²) in [7, 11) is 0. The molecule has 5 N–H and O–H groups in total. The monoisotopic (exact) mass is 653 g/mol. The molecule has 0 unspecified atom stereocenters. The molecule has 47 heavy (non-hydrogen) atoms. The Balaban J connectivity index is 1.18. The molecular formula is C33H43N5O9. The molecule has 254 valence electrons. The maximum Gasteiger partial charge on any atom is 0.440 e. The van der Waals surface area contributed by atoms with Crippen LogP contribution >= 0.6 is 0 Å². The molecule has 0 radical (unpaired) electrons. The molecule has 14 nitrogen and oxygen atoms in total. The highest BCUT2D eigenvalue weighted by Gasteiger charge is 2.29. The van der Waals surface area contributed by atoms with E-state index in [-0.39, 0.29) is 57.2 Å². The summed E-state index contributed by atoms with van der Waals surface area (Å²) in [4.78, 5) is 76.3. The number of hydrogen-bond donors (Lipinski definition) is 5. The molecule has 0 heterocycles. The lowest BCUT2D eigenvalue weighted by Crippen LogP contribution is -2.38. The topological polar surface area (TPSA) is 190 Å². The van der Waals surface area contributed by atoms with Crippen LogP contribution in [0.2, 0.25) is 0 Å². The molecule has 0 bridgehead atoms. The van der Waals surface area contributed by atoms with Crippen LogP contribution < -0.4 is 26.7 Å². The van der Waals surface area contributed by atoms with E-state index in [2.05, 4.69) is 21.3 Å². The second-order valence-electron chi connectivity index (χ2n) is 11.8. The van der Waals surface area contributed by atoms with Crippen LogP contribution in [0, 0.1) is 0 Å². The Morgan fingerprint density at radius 3 is 1.91 bits per heavy atom. The molecule has 1 aliphatic rings. The van der Waals surface area contributed by atoms with Gasteiger partial charge in [-0.15, -0.1) is 5.48 Å². The van der Waals surface area contributed by atoms with E-state index in [1.54, 1.807) is 20.8 Å². The van der Waals surface area contributed by atoms with E-state index < -0.39 is 35.6 Å². The van der Waals surface area contributed by atoms with E-state index in [4.69, 9.17) is 14.3 Å². The minimum atomic E-state index is -0.908. The normalized spacial score (nSPS) is 11.7. The predicted octanol–water partition coefficient (Wildman–Crippen LogP) is 2.81. The van der Waals surface area contributed by atoms with Crippen molar-refractivity contribution in [1.82, 2.24) is 26.7 Å². The van der Waals surface area contributed by atoms with Crippen LogP contribution in [-0.4, -0.2) is 74.3 Å². The smallest absolute Gasteiger partial charge is 0.440 e. The van der Waals surface area contributed by atoms with Gasteiger partial charge in [0.15, 0.2) is 0 Å². The Bertz CT molecular complexity index is 1380. The fourth-order valence-electron chi connectivity index (χ4n) is 4.73. The van der Waals surface area contributed by atoms with Crippen LogP contribution in [0.3, 0.4) is 0 Å². The SMILES string of the molecule is CC(C)(C)OC(=O)NCCCNC(=O)CCNC(=O)CNC(=O)CCCC(=O)ONC(=O)OCC1c2ccccc2-c2ccccc21. The van der Waals surface area contributed by atoms with Crippen molar-refractivity contribution in [2.75, 3.05) is 32.8 Å². The Hall–Kier alpha value is -5.14. The number of ether oxygens (including phenoxy) is 2. The van der Waals surface area contributed by atoms with E-state index in [0.29, 0.717) is 19.5 Å². The predicted molar refractivity (Wildman–Crippen MR) is 171 cm³/mol. The first-order valence-electron chi connectivity index (χ1n) is 15.5. The summed E-state index contributed by atoms with van der Waals surface area (Å²) in [6.07, 6.45) is -0.933. The fraction of sp³-hybridized carbons (Fsp3) is 0.455. The largest absolute Gasteiger partial charge is 0.446 e. The molecule has 0 aliphatic heterocycles. The van der Waals surface area contributed by atoms with Gasteiger partial charge in [-0.2, -0.15) is 0 Å². The molecule has 0 atom stereocenters. The minimum absolute atomic E-state index is 0.0431. The number of nitrogens with one attached hydrogen (secondary N) is 5. The van der Waals surface area contributed by atoms with E-state index in [1.807, 2.05) is 54.0 Å². The summed E-state index contributed by atoms with van der Waals surface area (Å²) in [6, 6.07) is 15.8. The van der Waals surface area contributed by atoms with E-state index in [9.17, 15) is 28.8 Å². The summed E-state index contributed by atoms with van der Waals surface area (Å²) in [5.41, 5.74) is 5.68. The summed E-state index contributed by atoms with van der Waals surface area (Å²) in [5.74, 6) is -2.08. The third-order valence-corrected chi connectivity index (χ3v) is 6.84. The molecule has 0 fully saturated rings. The fourth-order valence-corrected chi connectivity index (χ4v) is 4.73. The highest BCUT2D eigenvalue weighted by Crippen LogP contribution is 2.44. The zero-order chi connectivity index (χ0) is 34.2. The number of benzene rings is 2. The van der Waals surface area contributed by atoms with Crippen LogP contribution in [-0.2, 0) is 33.5 Å². The number of rotatable bonds is 15. The van der Waals surface area contributed by atoms with Crippen LogP contribution in [0.4, 0.5) is 9.59 Å². The van der Waals surface area contributed by atoms with E-state index in [0.717, 1.165) is 22.3 Å². The maximum atomic E-state index is 12.1. The number of fused-ring (bicyclic) bond motifs is 3. The Morgan fingerprint density at radius 1 is 0.660 bits per heavy atom. The maximum absolute atomic E-state index is 12.1. The van der Waals surface area contributed by atoms with Crippen LogP contribution in [0.15, 0.2) is 48.5 Å². The van der Waals surface area contributed by atoms with Crippen molar-refractivity contribution in [3.05, 3.63) is 59.7 Å². The van der Waals surface area contributed by atoms with Gasteiger partial charge in [-0.1, -0.05) is 48.5 Å². The van der Waals surface area contributed by atoms with Crippen LogP contribution in [0.25, 0.3) is 11.1 Å². The summed E-state index contributed by atoms with van der Waals surface area (Å²) in [5, 5.41) is 10.2. The Labute approximate surface area is 273 Å². The Kier molecular flexibility index (Phi) is 14.0. The summed E-state index contributed by atoms with van der Waals surface area (Å²) >= 11 is 0. The zero-order valence-corrected chi connectivity index (χ0v) is 26.9. The average molecular weight is 654 g/mol. The molecule has 5 amide bonds. The first-order chi connectivity index (χ1) is 22.4. The quantitative estimate of drug-likeness (QED) is 0.109. The van der Waals surface area contributed by atoms with Gasteiger partial charge >= 0.3 is 18.2 Å². The van der Waals surface area contributed by atoms with Crippen molar-refractivity contribution < 1.29 is 43.1 Å². The molecular weight excluding hydrogens is 610 g/mol. The average Bonchev–Trinajstić information content (AvgIpc) is 3.34. The molecule has 1 aliphatic carbocycles. The lowest BCUT2D eigenvalue weighted by molar-refractivity contribution is -0.150. The standard InChI is InChI=1S/C33H43N5O9/c1-33(2,3)46-31(43)36-18-9-17-34-28(40)16-19-35-29(41)20-37-27(39)14-8-15-30(42)47-38-32(44)45-21-26-24-12-6-4-10-22(24)23-11-5-7-13-25(23)26/h4-7,10-13,26H,8-9,14-21H2,1-3H3,(H,34,40)(H,35,41)(H,36,43)(H,37,39)(H,38,44). The van der Waals surface area contributed by atoms with Crippen molar-refractivity contribution in [2.24, 2.45) is 0 Å². The van der Waals surface area contributed by atoms with Gasteiger partial charge in [-0.05, 0) is 55.9 Å². The van der Waals surface area contributed by atoms with Crippen LogP contribution in [0.1, 0.15) is 69.9 Å². The number of hydrogen-bond acceptors (Lipinski definition) is 9. The molecule has 0 spiro atoms. The van der Waals surface area contributed by atoms with Gasteiger partial charge in [-0.25, -0.2) is 14.4 Å². The number of carbonyl (C=O) groups is 6. The lowest BCUT2D eigenvalue weighted by atomic mass is 9.98. The van der Waals surface area contributed by atoms with Crippen molar-refractivity contribution in [2.45, 2.75) is 64.4 Å². The van der Waals surface area contributed by atoms with Gasteiger partial charge in [0.25, 0.3) is 0 Å². The molecule has 0 saturated carbocycles. The summed E-state index contributed by atoms with van der Waals surface area (Å²) in [6.45, 7) is 5.83. The van der Waals surface area contributed by atoms with Crippen molar-refractivity contribution in [1.29, 1.82) is 0 Å². The van der Waals surface area contributed by atoms with Gasteiger partial charge < -0.3 is 35.6 Å². The second kappa shape index (κ2) is 18.1. The molecule has 0 saturated heterocycles. The van der Waals surface area contributed by atoms with Crippen LogP contribution in [0.5, 0.6) is 0 Å². The van der Waals surface area contributed by atoms with Gasteiger partial charge in [0.1, 0.15) is 12.2 Å². The Morgan fingerprint density at radius 2 is 1.26 bits per heavy atom.